The highest BCUT2D eigenvalue weighted by Gasteiger charge is 2.16. The van der Waals surface area contributed by atoms with E-state index in [-0.39, 0.29) is 0 Å². The Morgan fingerprint density at radius 3 is 2.47 bits per heavy atom. The molecule has 4 N–H and O–H groups in total. The fraction of sp³-hybridized carbons (Fsp3) is 0.364. The summed E-state index contributed by atoms with van der Waals surface area (Å²) < 4.78 is 4.83. The van der Waals surface area contributed by atoms with Gasteiger partial charge in [0.25, 0.3) is 0 Å². The van der Waals surface area contributed by atoms with Gasteiger partial charge in [0.1, 0.15) is 6.04 Å². The van der Waals surface area contributed by atoms with Crippen molar-refractivity contribution in [3.63, 3.8) is 0 Å². The van der Waals surface area contributed by atoms with Crippen molar-refractivity contribution in [1.82, 2.24) is 0 Å². The maximum atomic E-state index is 11.3. The zero-order valence-corrected chi connectivity index (χ0v) is 8.77. The molecule has 15 heavy (non-hydrogen) atoms. The molecule has 4 nitrogen and oxygen atoms in total. The van der Waals surface area contributed by atoms with Crippen molar-refractivity contribution in [2.45, 2.75) is 19.5 Å². The lowest BCUT2D eigenvalue weighted by Crippen LogP contribution is -2.23. The van der Waals surface area contributed by atoms with Crippen LogP contribution in [0.25, 0.3) is 0 Å². The van der Waals surface area contributed by atoms with Crippen LogP contribution in [0, 0.1) is 0 Å². The molecule has 1 aromatic carbocycles. The summed E-state index contributed by atoms with van der Waals surface area (Å²) in [6.07, 6.45) is 0. The Bertz CT molecular complexity index is 322. The molecule has 0 aliphatic rings. The first kappa shape index (κ1) is 11.7. The lowest BCUT2D eigenvalue weighted by Gasteiger charge is -2.10. The number of hydrogen-bond donors (Lipinski definition) is 2. The molecular formula is C11H16N2O2. The predicted molar refractivity (Wildman–Crippen MR) is 57.9 cm³/mol. The fourth-order valence-corrected chi connectivity index (χ4v) is 1.23. The molecule has 0 saturated heterocycles. The highest BCUT2D eigenvalue weighted by Crippen LogP contribution is 2.12. The van der Waals surface area contributed by atoms with Gasteiger partial charge in [-0.1, -0.05) is 24.3 Å². The summed E-state index contributed by atoms with van der Waals surface area (Å²) in [5.74, 6) is -0.405. The molecule has 0 aliphatic heterocycles. The molecule has 0 spiro atoms. The Hall–Kier alpha value is -1.39. The monoisotopic (exact) mass is 208 g/mol. The van der Waals surface area contributed by atoms with Crippen LogP contribution in [0.4, 0.5) is 0 Å². The van der Waals surface area contributed by atoms with Crippen molar-refractivity contribution in [3.05, 3.63) is 35.4 Å². The van der Waals surface area contributed by atoms with Crippen LogP contribution < -0.4 is 11.5 Å². The topological polar surface area (TPSA) is 78.3 Å². The van der Waals surface area contributed by atoms with Gasteiger partial charge in [0, 0.05) is 6.54 Å². The summed E-state index contributed by atoms with van der Waals surface area (Å²) >= 11 is 0. The van der Waals surface area contributed by atoms with Crippen LogP contribution in [0.15, 0.2) is 24.3 Å². The summed E-state index contributed by atoms with van der Waals surface area (Å²) in [5, 5.41) is 0. The van der Waals surface area contributed by atoms with Crippen LogP contribution in [0.3, 0.4) is 0 Å². The minimum atomic E-state index is -0.711. The number of rotatable bonds is 4. The van der Waals surface area contributed by atoms with E-state index < -0.39 is 12.0 Å². The molecule has 0 bridgehead atoms. The number of carbonyl (C=O) groups excluding carboxylic acids is 1. The van der Waals surface area contributed by atoms with E-state index in [2.05, 4.69) is 0 Å². The normalized spacial score (nSPS) is 12.2. The molecule has 0 fully saturated rings. The molecule has 4 heteroatoms. The largest absolute Gasteiger partial charge is 0.465 e. The van der Waals surface area contributed by atoms with Crippen molar-refractivity contribution in [1.29, 1.82) is 0 Å². The zero-order chi connectivity index (χ0) is 11.3. The van der Waals surface area contributed by atoms with Crippen LogP contribution in [0.5, 0.6) is 0 Å². The van der Waals surface area contributed by atoms with Crippen LogP contribution >= 0.6 is 0 Å². The molecule has 1 aromatic rings. The first-order valence-electron chi connectivity index (χ1n) is 4.90. The molecule has 0 heterocycles. The van der Waals surface area contributed by atoms with Crippen LogP contribution in [-0.2, 0) is 16.1 Å². The van der Waals surface area contributed by atoms with Gasteiger partial charge in [-0.2, -0.15) is 0 Å². The lowest BCUT2D eigenvalue weighted by atomic mass is 10.1. The molecule has 0 aromatic heterocycles. The van der Waals surface area contributed by atoms with Crippen molar-refractivity contribution >= 4 is 5.97 Å². The minimum Gasteiger partial charge on any atom is -0.465 e. The van der Waals surface area contributed by atoms with Crippen molar-refractivity contribution < 1.29 is 9.53 Å². The molecule has 1 rings (SSSR count). The molecular weight excluding hydrogens is 192 g/mol. The minimum absolute atomic E-state index is 0.341. The predicted octanol–water partition coefficient (Wildman–Crippen LogP) is 0.708. The van der Waals surface area contributed by atoms with Gasteiger partial charge < -0.3 is 16.2 Å². The quantitative estimate of drug-likeness (QED) is 0.714. The maximum Gasteiger partial charge on any atom is 0.327 e. The van der Waals surface area contributed by atoms with Gasteiger partial charge in [0.2, 0.25) is 0 Å². The molecule has 0 amide bonds. The lowest BCUT2D eigenvalue weighted by molar-refractivity contribution is -0.144. The second-order valence-electron chi connectivity index (χ2n) is 3.18. The van der Waals surface area contributed by atoms with E-state index in [0.717, 1.165) is 11.1 Å². The molecule has 0 aliphatic carbocycles. The molecule has 1 unspecified atom stereocenters. The van der Waals surface area contributed by atoms with Crippen molar-refractivity contribution in [3.8, 4) is 0 Å². The smallest absolute Gasteiger partial charge is 0.327 e. The van der Waals surface area contributed by atoms with Gasteiger partial charge in [0.15, 0.2) is 0 Å². The van der Waals surface area contributed by atoms with E-state index in [1.54, 1.807) is 19.1 Å². The first-order valence-corrected chi connectivity index (χ1v) is 4.90. The number of ether oxygens (including phenoxy) is 1. The third kappa shape index (κ3) is 3.04. The van der Waals surface area contributed by atoms with Gasteiger partial charge in [0.05, 0.1) is 6.61 Å². The molecule has 82 valence electrons. The van der Waals surface area contributed by atoms with E-state index in [1.807, 2.05) is 12.1 Å². The summed E-state index contributed by atoms with van der Waals surface area (Å²) in [4.78, 5) is 11.3. The van der Waals surface area contributed by atoms with Crippen LogP contribution in [0.2, 0.25) is 0 Å². The summed E-state index contributed by atoms with van der Waals surface area (Å²) in [5.41, 5.74) is 12.9. The number of nitrogens with two attached hydrogens (primary N) is 2. The average molecular weight is 208 g/mol. The highest BCUT2D eigenvalue weighted by molar-refractivity contribution is 5.77. The van der Waals surface area contributed by atoms with Gasteiger partial charge in [-0.05, 0) is 18.1 Å². The standard InChI is InChI=1S/C11H16N2O2/c1-2-15-11(14)10(13)9-5-3-8(7-12)4-6-9/h3-6,10H,2,7,12-13H2,1H3. The first-order chi connectivity index (χ1) is 7.19. The van der Waals surface area contributed by atoms with E-state index in [9.17, 15) is 4.79 Å². The van der Waals surface area contributed by atoms with Crippen LogP contribution in [-0.4, -0.2) is 12.6 Å². The average Bonchev–Trinajstić information content (AvgIpc) is 2.28. The Morgan fingerprint density at radius 1 is 1.40 bits per heavy atom. The summed E-state index contributed by atoms with van der Waals surface area (Å²) in [6.45, 7) is 2.57. The van der Waals surface area contributed by atoms with E-state index >= 15 is 0 Å². The molecule has 0 saturated carbocycles. The molecule has 1 atom stereocenters. The van der Waals surface area contributed by atoms with Gasteiger partial charge in [-0.15, -0.1) is 0 Å². The SMILES string of the molecule is CCOC(=O)C(N)c1ccc(CN)cc1. The second-order valence-corrected chi connectivity index (χ2v) is 3.18. The van der Waals surface area contributed by atoms with Crippen molar-refractivity contribution in [2.75, 3.05) is 6.61 Å². The number of esters is 1. The number of benzene rings is 1. The molecule has 0 radical (unpaired) electrons. The maximum absolute atomic E-state index is 11.3. The third-order valence-electron chi connectivity index (χ3n) is 2.12. The van der Waals surface area contributed by atoms with Crippen molar-refractivity contribution in [2.24, 2.45) is 11.5 Å². The van der Waals surface area contributed by atoms with Gasteiger partial charge in [-0.25, -0.2) is 4.79 Å². The van der Waals surface area contributed by atoms with Gasteiger partial charge in [-0.3, -0.25) is 0 Å². The zero-order valence-electron chi connectivity index (χ0n) is 8.77. The number of carbonyl (C=O) groups is 1. The fourth-order valence-electron chi connectivity index (χ4n) is 1.23. The Morgan fingerprint density at radius 2 is 2.00 bits per heavy atom. The van der Waals surface area contributed by atoms with E-state index in [1.165, 1.54) is 0 Å². The number of hydrogen-bond acceptors (Lipinski definition) is 4. The third-order valence-corrected chi connectivity index (χ3v) is 2.12. The van der Waals surface area contributed by atoms with Gasteiger partial charge >= 0.3 is 5.97 Å². The van der Waals surface area contributed by atoms with Crippen LogP contribution in [0.1, 0.15) is 24.1 Å². The van der Waals surface area contributed by atoms with E-state index in [0.29, 0.717) is 13.2 Å². The summed E-state index contributed by atoms with van der Waals surface area (Å²) in [7, 11) is 0. The second kappa shape index (κ2) is 5.48. The Kier molecular flexibility index (Phi) is 4.27. The Balaban J connectivity index is 2.73. The van der Waals surface area contributed by atoms with E-state index in [4.69, 9.17) is 16.2 Å². The highest BCUT2D eigenvalue weighted by atomic mass is 16.5. The Labute approximate surface area is 89.2 Å². The summed E-state index contributed by atoms with van der Waals surface area (Å²) in [6, 6.07) is 6.59.